The van der Waals surface area contributed by atoms with Crippen LogP contribution in [0.1, 0.15) is 17.0 Å². The summed E-state index contributed by atoms with van der Waals surface area (Å²) in [6.45, 7) is 1.89. The van der Waals surface area contributed by atoms with E-state index >= 15 is 0 Å². The van der Waals surface area contributed by atoms with Gasteiger partial charge in [0.1, 0.15) is 0 Å². The Hall–Kier alpha value is -1.74. The summed E-state index contributed by atoms with van der Waals surface area (Å²) >= 11 is 6.15. The first-order valence-electron chi connectivity index (χ1n) is 5.30. The zero-order valence-electron chi connectivity index (χ0n) is 9.81. The van der Waals surface area contributed by atoms with E-state index in [1.807, 2.05) is 50.4 Å². The van der Waals surface area contributed by atoms with Gasteiger partial charge in [0.2, 0.25) is 0 Å². The van der Waals surface area contributed by atoms with Gasteiger partial charge in [-0.25, -0.2) is 0 Å². The van der Waals surface area contributed by atoms with Crippen LogP contribution in [-0.4, -0.2) is 9.78 Å². The average Bonchev–Trinajstić information content (AvgIpc) is 2.54. The Balaban J connectivity index is 2.29. The Morgan fingerprint density at radius 1 is 1.24 bits per heavy atom. The molecule has 17 heavy (non-hydrogen) atoms. The van der Waals surface area contributed by atoms with Crippen molar-refractivity contribution in [3.05, 3.63) is 46.2 Å². The topological polar surface area (TPSA) is 43.8 Å². The van der Waals surface area contributed by atoms with Crippen molar-refractivity contribution in [1.29, 1.82) is 0 Å². The third-order valence-electron chi connectivity index (χ3n) is 2.56. The van der Waals surface area contributed by atoms with Crippen molar-refractivity contribution in [2.75, 3.05) is 5.73 Å². The standard InChI is InChI=1S/C13H14ClN3/c1-9-13(14)12(17(2)16-9)8-5-10-3-6-11(15)7-4-10/h3-8H,15H2,1-2H3/b8-5+. The van der Waals surface area contributed by atoms with Crippen molar-refractivity contribution in [2.24, 2.45) is 7.05 Å². The zero-order chi connectivity index (χ0) is 12.4. The highest BCUT2D eigenvalue weighted by molar-refractivity contribution is 6.32. The summed E-state index contributed by atoms with van der Waals surface area (Å²) in [5.74, 6) is 0. The fraction of sp³-hybridized carbons (Fsp3) is 0.154. The number of hydrogen-bond acceptors (Lipinski definition) is 2. The molecule has 0 amide bonds. The number of aryl methyl sites for hydroxylation is 2. The maximum absolute atomic E-state index is 6.15. The molecule has 4 heteroatoms. The van der Waals surface area contributed by atoms with E-state index in [0.29, 0.717) is 5.02 Å². The van der Waals surface area contributed by atoms with Crippen molar-refractivity contribution >= 4 is 29.4 Å². The molecule has 0 aliphatic heterocycles. The SMILES string of the molecule is Cc1nn(C)c(/C=C/c2ccc(N)cc2)c1Cl. The van der Waals surface area contributed by atoms with Crippen molar-refractivity contribution in [1.82, 2.24) is 9.78 Å². The molecule has 88 valence electrons. The van der Waals surface area contributed by atoms with Crippen LogP contribution in [0.5, 0.6) is 0 Å². The first-order chi connectivity index (χ1) is 8.08. The lowest BCUT2D eigenvalue weighted by atomic mass is 10.2. The Morgan fingerprint density at radius 3 is 2.41 bits per heavy atom. The average molecular weight is 248 g/mol. The zero-order valence-corrected chi connectivity index (χ0v) is 10.6. The third kappa shape index (κ3) is 2.50. The minimum atomic E-state index is 0.694. The summed E-state index contributed by atoms with van der Waals surface area (Å²) in [4.78, 5) is 0. The van der Waals surface area contributed by atoms with E-state index in [9.17, 15) is 0 Å². The first kappa shape index (κ1) is 11.7. The largest absolute Gasteiger partial charge is 0.399 e. The number of rotatable bonds is 2. The van der Waals surface area contributed by atoms with Crippen molar-refractivity contribution in [2.45, 2.75) is 6.92 Å². The molecule has 0 unspecified atom stereocenters. The van der Waals surface area contributed by atoms with E-state index in [1.54, 1.807) is 4.68 Å². The van der Waals surface area contributed by atoms with Gasteiger partial charge in [0.25, 0.3) is 0 Å². The van der Waals surface area contributed by atoms with Crippen molar-refractivity contribution in [3.8, 4) is 0 Å². The number of nitrogens with zero attached hydrogens (tertiary/aromatic N) is 2. The van der Waals surface area contributed by atoms with Crippen molar-refractivity contribution in [3.63, 3.8) is 0 Å². The molecule has 0 atom stereocenters. The summed E-state index contributed by atoms with van der Waals surface area (Å²) in [7, 11) is 1.88. The predicted molar refractivity (Wildman–Crippen MR) is 72.7 cm³/mol. The van der Waals surface area contributed by atoms with Gasteiger partial charge in [0.15, 0.2) is 0 Å². The van der Waals surface area contributed by atoms with Gasteiger partial charge in [0, 0.05) is 12.7 Å². The highest BCUT2D eigenvalue weighted by atomic mass is 35.5. The van der Waals surface area contributed by atoms with Crippen LogP contribution in [0.4, 0.5) is 5.69 Å². The highest BCUT2D eigenvalue weighted by Crippen LogP contribution is 2.21. The quantitative estimate of drug-likeness (QED) is 0.829. The van der Waals surface area contributed by atoms with E-state index in [4.69, 9.17) is 17.3 Å². The Labute approximate surface area is 106 Å². The van der Waals surface area contributed by atoms with Gasteiger partial charge in [-0.05, 0) is 30.7 Å². The maximum Gasteiger partial charge on any atom is 0.0888 e. The van der Waals surface area contributed by atoms with Gasteiger partial charge in [-0.3, -0.25) is 4.68 Å². The van der Waals surface area contributed by atoms with Crippen LogP contribution in [-0.2, 0) is 7.05 Å². The molecule has 0 fully saturated rings. The van der Waals surface area contributed by atoms with Crippen LogP contribution in [0.15, 0.2) is 24.3 Å². The van der Waals surface area contributed by atoms with Gasteiger partial charge >= 0.3 is 0 Å². The first-order valence-corrected chi connectivity index (χ1v) is 5.68. The van der Waals surface area contributed by atoms with E-state index in [0.717, 1.165) is 22.6 Å². The maximum atomic E-state index is 6.15. The molecule has 0 radical (unpaired) electrons. The van der Waals surface area contributed by atoms with Gasteiger partial charge < -0.3 is 5.73 Å². The van der Waals surface area contributed by atoms with Crippen LogP contribution in [0.25, 0.3) is 12.2 Å². The smallest absolute Gasteiger partial charge is 0.0888 e. The molecule has 0 saturated heterocycles. The van der Waals surface area contributed by atoms with Gasteiger partial charge in [-0.1, -0.05) is 29.8 Å². The number of hydrogen-bond donors (Lipinski definition) is 1. The van der Waals surface area contributed by atoms with Crippen LogP contribution in [0.3, 0.4) is 0 Å². The summed E-state index contributed by atoms with van der Waals surface area (Å²) in [6.07, 6.45) is 3.94. The number of nitrogen functional groups attached to an aromatic ring is 1. The van der Waals surface area contributed by atoms with Crippen LogP contribution >= 0.6 is 11.6 Å². The molecule has 3 nitrogen and oxygen atoms in total. The predicted octanol–water partition coefficient (Wildman–Crippen LogP) is 3.13. The van der Waals surface area contributed by atoms with Gasteiger partial charge in [-0.2, -0.15) is 5.10 Å². The monoisotopic (exact) mass is 247 g/mol. The lowest BCUT2D eigenvalue weighted by Crippen LogP contribution is -1.92. The van der Waals surface area contributed by atoms with Crippen LogP contribution in [0, 0.1) is 6.92 Å². The molecular formula is C13H14ClN3. The van der Waals surface area contributed by atoms with Crippen LogP contribution in [0.2, 0.25) is 5.02 Å². The summed E-state index contributed by atoms with van der Waals surface area (Å²) < 4.78 is 1.77. The van der Waals surface area contributed by atoms with Gasteiger partial charge in [-0.15, -0.1) is 0 Å². The molecule has 2 aromatic rings. The molecule has 2 rings (SSSR count). The minimum Gasteiger partial charge on any atom is -0.399 e. The van der Waals surface area contributed by atoms with E-state index in [2.05, 4.69) is 5.10 Å². The molecule has 0 saturated carbocycles. The fourth-order valence-corrected chi connectivity index (χ4v) is 1.84. The normalized spacial score (nSPS) is 11.2. The van der Waals surface area contributed by atoms with Crippen LogP contribution < -0.4 is 5.73 Å². The lowest BCUT2D eigenvalue weighted by molar-refractivity contribution is 0.749. The fourth-order valence-electron chi connectivity index (χ4n) is 1.61. The molecule has 0 bridgehead atoms. The summed E-state index contributed by atoms with van der Waals surface area (Å²) in [6, 6.07) is 7.66. The Morgan fingerprint density at radius 2 is 1.88 bits per heavy atom. The number of benzene rings is 1. The third-order valence-corrected chi connectivity index (χ3v) is 3.03. The highest BCUT2D eigenvalue weighted by Gasteiger charge is 2.07. The molecule has 0 spiro atoms. The molecule has 0 aliphatic carbocycles. The second kappa shape index (κ2) is 4.63. The molecule has 2 N–H and O–H groups in total. The van der Waals surface area contributed by atoms with E-state index in [1.165, 1.54) is 0 Å². The second-order valence-corrected chi connectivity index (χ2v) is 4.29. The second-order valence-electron chi connectivity index (χ2n) is 3.91. The molecule has 0 aliphatic rings. The molecule has 1 aromatic carbocycles. The Bertz CT molecular complexity index is 553. The number of nitrogens with two attached hydrogens (primary N) is 1. The number of halogens is 1. The Kier molecular flexibility index (Phi) is 3.20. The number of aromatic nitrogens is 2. The van der Waals surface area contributed by atoms with Gasteiger partial charge in [0.05, 0.1) is 16.4 Å². The van der Waals surface area contributed by atoms with E-state index < -0.39 is 0 Å². The summed E-state index contributed by atoms with van der Waals surface area (Å²) in [5.41, 5.74) is 9.21. The van der Waals surface area contributed by atoms with Crippen molar-refractivity contribution < 1.29 is 0 Å². The molecule has 1 heterocycles. The molecular weight excluding hydrogens is 234 g/mol. The molecule has 1 aromatic heterocycles. The summed E-state index contributed by atoms with van der Waals surface area (Å²) in [5, 5.41) is 4.94. The minimum absolute atomic E-state index is 0.694. The number of anilines is 1. The lowest BCUT2D eigenvalue weighted by Gasteiger charge is -1.97. The van der Waals surface area contributed by atoms with E-state index in [-0.39, 0.29) is 0 Å².